The standard InChI is InChI=1S/C15H11F4N5O.C2H6/c1-25-7-3-2-5(4-6(7)16)22-13-10(18)9(17)8-12(11(13)19)23-15(21)24-14(8)20;1-2/h2-4,22H,1H3,(H4,20,21,23,24);1-2H3. The van der Waals surface area contributed by atoms with Crippen molar-refractivity contribution in [3.05, 3.63) is 41.5 Å². The molecule has 3 rings (SSSR count). The molecule has 3 aromatic rings. The number of fused-ring (bicyclic) bond motifs is 1. The number of benzene rings is 2. The van der Waals surface area contributed by atoms with Gasteiger partial charge in [-0.2, -0.15) is 4.98 Å². The SMILES string of the molecule is CC.COc1ccc(Nc2c(F)c(F)c3c(N)nc(N)nc3c2F)cc1F. The first-order valence-electron chi connectivity index (χ1n) is 7.83. The molecule has 0 atom stereocenters. The molecule has 0 amide bonds. The predicted molar refractivity (Wildman–Crippen MR) is 95.8 cm³/mol. The number of hydrogen-bond acceptors (Lipinski definition) is 6. The first kappa shape index (κ1) is 20.0. The van der Waals surface area contributed by atoms with Crippen LogP contribution in [0.3, 0.4) is 0 Å². The van der Waals surface area contributed by atoms with Gasteiger partial charge in [0.2, 0.25) is 5.95 Å². The molecule has 1 heterocycles. The van der Waals surface area contributed by atoms with Crippen molar-refractivity contribution in [1.29, 1.82) is 0 Å². The second kappa shape index (κ2) is 7.94. The molecule has 0 bridgehead atoms. The molecular weight excluding hydrogens is 366 g/mol. The van der Waals surface area contributed by atoms with Crippen molar-refractivity contribution in [3.8, 4) is 5.75 Å². The number of nitrogens with one attached hydrogen (secondary N) is 1. The van der Waals surface area contributed by atoms with Crippen LogP contribution in [-0.2, 0) is 0 Å². The summed E-state index contributed by atoms with van der Waals surface area (Å²) in [6, 6.07) is 3.47. The molecule has 0 aliphatic rings. The number of aromatic nitrogens is 2. The van der Waals surface area contributed by atoms with E-state index in [1.165, 1.54) is 19.2 Å². The molecule has 0 saturated heterocycles. The van der Waals surface area contributed by atoms with Crippen LogP contribution in [0, 0.1) is 23.3 Å². The Morgan fingerprint density at radius 2 is 1.63 bits per heavy atom. The van der Waals surface area contributed by atoms with Crippen molar-refractivity contribution in [2.24, 2.45) is 0 Å². The number of nitrogens with zero attached hydrogens (tertiary/aromatic N) is 2. The zero-order valence-electron chi connectivity index (χ0n) is 14.7. The van der Waals surface area contributed by atoms with E-state index in [9.17, 15) is 17.6 Å². The second-order valence-corrected chi connectivity index (χ2v) is 4.98. The number of nitrogen functional groups attached to an aromatic ring is 2. The molecule has 0 radical (unpaired) electrons. The van der Waals surface area contributed by atoms with Gasteiger partial charge in [-0.05, 0) is 12.1 Å². The number of anilines is 4. The molecular formula is C17H17F4N5O. The molecule has 0 aliphatic heterocycles. The number of halogens is 4. The summed E-state index contributed by atoms with van der Waals surface area (Å²) in [6.45, 7) is 4.00. The van der Waals surface area contributed by atoms with E-state index >= 15 is 0 Å². The van der Waals surface area contributed by atoms with E-state index in [1.54, 1.807) is 0 Å². The highest BCUT2D eigenvalue weighted by atomic mass is 19.2. The highest BCUT2D eigenvalue weighted by Crippen LogP contribution is 2.35. The van der Waals surface area contributed by atoms with Crippen molar-refractivity contribution < 1.29 is 22.3 Å². The van der Waals surface area contributed by atoms with E-state index in [1.807, 2.05) is 13.8 Å². The molecule has 0 fully saturated rings. The number of rotatable bonds is 3. The van der Waals surface area contributed by atoms with Crippen molar-refractivity contribution in [2.75, 3.05) is 23.9 Å². The Morgan fingerprint density at radius 3 is 2.22 bits per heavy atom. The van der Waals surface area contributed by atoms with Crippen LogP contribution in [0.1, 0.15) is 13.8 Å². The second-order valence-electron chi connectivity index (χ2n) is 4.98. The summed E-state index contributed by atoms with van der Waals surface area (Å²) in [4.78, 5) is 7.03. The lowest BCUT2D eigenvalue weighted by Gasteiger charge is -2.13. The smallest absolute Gasteiger partial charge is 0.222 e. The summed E-state index contributed by atoms with van der Waals surface area (Å²) in [7, 11) is 1.26. The molecule has 144 valence electrons. The minimum Gasteiger partial charge on any atom is -0.494 e. The molecule has 27 heavy (non-hydrogen) atoms. The van der Waals surface area contributed by atoms with Gasteiger partial charge in [0.15, 0.2) is 29.0 Å². The fourth-order valence-corrected chi connectivity index (χ4v) is 2.30. The van der Waals surface area contributed by atoms with Crippen LogP contribution >= 0.6 is 0 Å². The average Bonchev–Trinajstić information content (AvgIpc) is 2.64. The number of hydrogen-bond donors (Lipinski definition) is 3. The van der Waals surface area contributed by atoms with Crippen LogP contribution in [0.15, 0.2) is 18.2 Å². The van der Waals surface area contributed by atoms with Gasteiger partial charge in [0.1, 0.15) is 17.0 Å². The van der Waals surface area contributed by atoms with E-state index in [-0.39, 0.29) is 11.4 Å². The molecule has 10 heteroatoms. The van der Waals surface area contributed by atoms with Gasteiger partial charge in [-0.25, -0.2) is 22.5 Å². The zero-order chi connectivity index (χ0) is 20.3. The predicted octanol–water partition coefficient (Wildman–Crippen LogP) is 4.13. The van der Waals surface area contributed by atoms with Crippen molar-refractivity contribution in [2.45, 2.75) is 13.8 Å². The summed E-state index contributed by atoms with van der Waals surface area (Å²) in [5.74, 6) is -6.00. The fraction of sp³-hybridized carbons (Fsp3) is 0.176. The molecule has 0 aliphatic carbocycles. The molecule has 0 unspecified atom stereocenters. The normalized spacial score (nSPS) is 10.3. The van der Waals surface area contributed by atoms with Gasteiger partial charge in [0.05, 0.1) is 12.5 Å². The van der Waals surface area contributed by atoms with E-state index in [0.717, 1.165) is 6.07 Å². The Bertz CT molecular complexity index is 997. The molecule has 1 aromatic heterocycles. The highest BCUT2D eigenvalue weighted by molar-refractivity contribution is 5.93. The topological polar surface area (TPSA) is 99.1 Å². The number of methoxy groups -OCH3 is 1. The maximum Gasteiger partial charge on any atom is 0.222 e. The van der Waals surface area contributed by atoms with Gasteiger partial charge >= 0.3 is 0 Å². The molecule has 5 N–H and O–H groups in total. The molecule has 2 aromatic carbocycles. The van der Waals surface area contributed by atoms with Crippen molar-refractivity contribution in [1.82, 2.24) is 9.97 Å². The third-order valence-electron chi connectivity index (χ3n) is 3.43. The van der Waals surface area contributed by atoms with Crippen molar-refractivity contribution in [3.63, 3.8) is 0 Å². The van der Waals surface area contributed by atoms with Crippen LogP contribution in [0.5, 0.6) is 5.75 Å². The van der Waals surface area contributed by atoms with Gasteiger partial charge in [-0.1, -0.05) is 13.8 Å². The Morgan fingerprint density at radius 1 is 0.963 bits per heavy atom. The van der Waals surface area contributed by atoms with Crippen LogP contribution in [0.4, 0.5) is 40.7 Å². The summed E-state index contributed by atoms with van der Waals surface area (Å²) in [5, 5.41) is 1.65. The van der Waals surface area contributed by atoms with E-state index < -0.39 is 51.6 Å². The minimum absolute atomic E-state index is 0.0372. The summed E-state index contributed by atoms with van der Waals surface area (Å²) < 4.78 is 61.6. The number of ether oxygens (including phenoxy) is 1. The third kappa shape index (κ3) is 3.64. The maximum atomic E-state index is 14.6. The van der Waals surface area contributed by atoms with Gasteiger partial charge in [0.25, 0.3) is 0 Å². The third-order valence-corrected chi connectivity index (χ3v) is 3.43. The zero-order valence-corrected chi connectivity index (χ0v) is 14.7. The Kier molecular flexibility index (Phi) is 5.88. The molecule has 0 spiro atoms. The van der Waals surface area contributed by atoms with Crippen LogP contribution < -0.4 is 21.5 Å². The molecule has 0 saturated carbocycles. The quantitative estimate of drug-likeness (QED) is 0.465. The van der Waals surface area contributed by atoms with Crippen LogP contribution in [0.2, 0.25) is 0 Å². The summed E-state index contributed by atoms with van der Waals surface area (Å²) >= 11 is 0. The van der Waals surface area contributed by atoms with Crippen LogP contribution in [0.25, 0.3) is 10.9 Å². The first-order valence-corrected chi connectivity index (χ1v) is 7.83. The fourth-order valence-electron chi connectivity index (χ4n) is 2.30. The lowest BCUT2D eigenvalue weighted by molar-refractivity contribution is 0.386. The first-order chi connectivity index (χ1) is 12.8. The molecule has 6 nitrogen and oxygen atoms in total. The lowest BCUT2D eigenvalue weighted by Crippen LogP contribution is -2.08. The Hall–Kier alpha value is -3.30. The monoisotopic (exact) mass is 383 g/mol. The van der Waals surface area contributed by atoms with Crippen LogP contribution in [-0.4, -0.2) is 17.1 Å². The van der Waals surface area contributed by atoms with Gasteiger partial charge in [-0.15, -0.1) is 0 Å². The largest absolute Gasteiger partial charge is 0.494 e. The minimum atomic E-state index is -1.55. The van der Waals surface area contributed by atoms with Crippen molar-refractivity contribution >= 4 is 34.0 Å². The highest BCUT2D eigenvalue weighted by Gasteiger charge is 2.24. The Balaban J connectivity index is 0.00000126. The van der Waals surface area contributed by atoms with Gasteiger partial charge in [-0.3, -0.25) is 0 Å². The Labute approximate surface area is 152 Å². The van der Waals surface area contributed by atoms with Gasteiger partial charge < -0.3 is 21.5 Å². The summed E-state index contributed by atoms with van der Waals surface area (Å²) in [6.07, 6.45) is 0. The maximum absolute atomic E-state index is 14.6. The van der Waals surface area contributed by atoms with E-state index in [0.29, 0.717) is 0 Å². The number of nitrogens with two attached hydrogens (primary N) is 2. The average molecular weight is 383 g/mol. The van der Waals surface area contributed by atoms with Gasteiger partial charge in [0, 0.05) is 11.8 Å². The van der Waals surface area contributed by atoms with E-state index in [2.05, 4.69) is 15.3 Å². The van der Waals surface area contributed by atoms with E-state index in [4.69, 9.17) is 16.2 Å². The summed E-state index contributed by atoms with van der Waals surface area (Å²) in [5.41, 5.74) is 9.33. The lowest BCUT2D eigenvalue weighted by atomic mass is 10.1.